The molecule has 1 saturated heterocycles. The van der Waals surface area contributed by atoms with E-state index in [1.165, 1.54) is 12.3 Å². The molecule has 1 aliphatic rings. The molecule has 104 valence electrons. The van der Waals surface area contributed by atoms with Crippen molar-refractivity contribution in [1.29, 1.82) is 0 Å². The van der Waals surface area contributed by atoms with Crippen LogP contribution in [0.3, 0.4) is 0 Å². The van der Waals surface area contributed by atoms with Crippen molar-refractivity contribution in [2.24, 2.45) is 0 Å². The van der Waals surface area contributed by atoms with E-state index in [9.17, 15) is 20.3 Å². The highest BCUT2D eigenvalue weighted by Crippen LogP contribution is 2.30. The van der Waals surface area contributed by atoms with Gasteiger partial charge in [0.1, 0.15) is 24.1 Å². The molecule has 4 N–H and O–H groups in total. The molecule has 0 aliphatic carbocycles. The van der Waals surface area contributed by atoms with Crippen molar-refractivity contribution in [2.75, 3.05) is 18.5 Å². The van der Waals surface area contributed by atoms with Crippen molar-refractivity contribution < 1.29 is 25.0 Å². The van der Waals surface area contributed by atoms with E-state index in [0.717, 1.165) is 6.20 Å². The first-order chi connectivity index (χ1) is 8.98. The van der Waals surface area contributed by atoms with Crippen LogP contribution in [-0.2, 0) is 4.74 Å². The number of pyridine rings is 1. The zero-order valence-electron chi connectivity index (χ0n) is 9.76. The van der Waals surface area contributed by atoms with Gasteiger partial charge in [-0.3, -0.25) is 15.1 Å². The second kappa shape index (κ2) is 5.05. The Hall–Kier alpha value is -1.81. The van der Waals surface area contributed by atoms with Gasteiger partial charge in [-0.05, 0) is 6.07 Å². The molecule has 0 bridgehead atoms. The maximum Gasteiger partial charge on any atom is 0.310 e. The smallest absolute Gasteiger partial charge is 0.310 e. The number of aliphatic hydroxyl groups is 3. The van der Waals surface area contributed by atoms with Crippen molar-refractivity contribution in [3.8, 4) is 0 Å². The lowest BCUT2D eigenvalue weighted by atomic mass is 10.1. The Morgan fingerprint density at radius 3 is 3.00 bits per heavy atom. The Morgan fingerprint density at radius 1 is 1.68 bits per heavy atom. The number of hydrogen-bond donors (Lipinski definition) is 4. The van der Waals surface area contributed by atoms with E-state index >= 15 is 0 Å². The third kappa shape index (κ3) is 2.49. The van der Waals surface area contributed by atoms with Gasteiger partial charge in [-0.25, -0.2) is 0 Å². The summed E-state index contributed by atoms with van der Waals surface area (Å²) in [6.45, 7) is -0.775. The first-order valence-corrected chi connectivity index (χ1v) is 5.47. The van der Waals surface area contributed by atoms with E-state index in [4.69, 9.17) is 9.84 Å². The summed E-state index contributed by atoms with van der Waals surface area (Å²) in [5.74, 6) is 0. The van der Waals surface area contributed by atoms with Gasteiger partial charge in [-0.15, -0.1) is 0 Å². The Kier molecular flexibility index (Phi) is 3.62. The molecular weight excluding hydrogens is 258 g/mol. The van der Waals surface area contributed by atoms with Gasteiger partial charge in [-0.1, -0.05) is 0 Å². The van der Waals surface area contributed by atoms with Gasteiger partial charge < -0.3 is 25.4 Å². The molecule has 0 unspecified atom stereocenters. The van der Waals surface area contributed by atoms with Gasteiger partial charge in [0.2, 0.25) is 0 Å². The quantitative estimate of drug-likeness (QED) is 0.306. The van der Waals surface area contributed by atoms with Crippen LogP contribution in [0.25, 0.3) is 0 Å². The molecule has 1 aliphatic heterocycles. The SMILES string of the molecule is O=[N+]([O-])c1cnccc1N[C@@]1(O)CO[C@H](CO)[C@H]1O. The second-order valence-electron chi connectivity index (χ2n) is 4.18. The van der Waals surface area contributed by atoms with Crippen LogP contribution in [0.4, 0.5) is 11.4 Å². The summed E-state index contributed by atoms with van der Waals surface area (Å²) in [4.78, 5) is 13.8. The topological polar surface area (TPSA) is 138 Å². The molecule has 2 heterocycles. The monoisotopic (exact) mass is 271 g/mol. The minimum Gasteiger partial charge on any atom is -0.394 e. The lowest BCUT2D eigenvalue weighted by molar-refractivity contribution is -0.384. The van der Waals surface area contributed by atoms with Gasteiger partial charge in [0, 0.05) is 6.20 Å². The summed E-state index contributed by atoms with van der Waals surface area (Å²) in [7, 11) is 0. The fraction of sp³-hybridized carbons (Fsp3) is 0.500. The number of nitrogens with one attached hydrogen (secondary N) is 1. The van der Waals surface area contributed by atoms with Crippen molar-refractivity contribution in [3.63, 3.8) is 0 Å². The zero-order chi connectivity index (χ0) is 14.0. The molecule has 0 aromatic carbocycles. The molecule has 0 saturated carbocycles. The van der Waals surface area contributed by atoms with E-state index in [2.05, 4.69) is 10.3 Å². The van der Waals surface area contributed by atoms with E-state index < -0.39 is 29.5 Å². The van der Waals surface area contributed by atoms with Crippen LogP contribution in [-0.4, -0.2) is 56.4 Å². The highest BCUT2D eigenvalue weighted by molar-refractivity contribution is 5.60. The molecule has 2 rings (SSSR count). The molecule has 9 nitrogen and oxygen atoms in total. The summed E-state index contributed by atoms with van der Waals surface area (Å²) >= 11 is 0. The number of nitrogens with zero attached hydrogens (tertiary/aromatic N) is 2. The number of hydrogen-bond acceptors (Lipinski definition) is 8. The average Bonchev–Trinajstić information content (AvgIpc) is 2.66. The van der Waals surface area contributed by atoms with Crippen LogP contribution in [0.5, 0.6) is 0 Å². The summed E-state index contributed by atoms with van der Waals surface area (Å²) in [5.41, 5.74) is -2.24. The van der Waals surface area contributed by atoms with Crippen molar-refractivity contribution >= 4 is 11.4 Å². The minimum absolute atomic E-state index is 0.00346. The second-order valence-corrected chi connectivity index (χ2v) is 4.18. The Morgan fingerprint density at radius 2 is 2.42 bits per heavy atom. The predicted molar refractivity (Wildman–Crippen MR) is 62.3 cm³/mol. The van der Waals surface area contributed by atoms with Gasteiger partial charge in [0.05, 0.1) is 18.1 Å². The number of rotatable bonds is 4. The molecule has 0 spiro atoms. The molecule has 1 aromatic rings. The summed E-state index contributed by atoms with van der Waals surface area (Å²) in [6.07, 6.45) is -0.0226. The highest BCUT2D eigenvalue weighted by atomic mass is 16.6. The lowest BCUT2D eigenvalue weighted by Gasteiger charge is -2.27. The fourth-order valence-corrected chi connectivity index (χ4v) is 1.85. The van der Waals surface area contributed by atoms with Crippen LogP contribution in [0.1, 0.15) is 0 Å². The first-order valence-electron chi connectivity index (χ1n) is 5.47. The summed E-state index contributed by atoms with van der Waals surface area (Å²) in [6, 6.07) is 1.30. The molecule has 1 fully saturated rings. The molecule has 0 amide bonds. The molecule has 3 atom stereocenters. The van der Waals surface area contributed by atoms with Crippen LogP contribution in [0.2, 0.25) is 0 Å². The predicted octanol–water partition coefficient (Wildman–Crippen LogP) is -1.16. The molecule has 9 heteroatoms. The maximum atomic E-state index is 10.8. The minimum atomic E-state index is -1.90. The first kappa shape index (κ1) is 13.6. The Labute approximate surface area is 107 Å². The largest absolute Gasteiger partial charge is 0.394 e. The fourth-order valence-electron chi connectivity index (χ4n) is 1.85. The van der Waals surface area contributed by atoms with Crippen molar-refractivity contribution in [2.45, 2.75) is 17.9 Å². The number of ether oxygens (including phenoxy) is 1. The van der Waals surface area contributed by atoms with Gasteiger partial charge in [0.15, 0.2) is 5.72 Å². The molecule has 1 aromatic heterocycles. The normalized spacial score (nSPS) is 30.3. The van der Waals surface area contributed by atoms with Gasteiger partial charge >= 0.3 is 5.69 Å². The van der Waals surface area contributed by atoms with E-state index in [1.54, 1.807) is 0 Å². The summed E-state index contributed by atoms with van der Waals surface area (Å²) in [5, 5.41) is 42.2. The van der Waals surface area contributed by atoms with Crippen LogP contribution in [0, 0.1) is 10.1 Å². The molecule has 19 heavy (non-hydrogen) atoms. The van der Waals surface area contributed by atoms with E-state index in [0.29, 0.717) is 0 Å². The number of aromatic nitrogens is 1. The average molecular weight is 271 g/mol. The lowest BCUT2D eigenvalue weighted by Crippen LogP contribution is -2.51. The zero-order valence-corrected chi connectivity index (χ0v) is 9.76. The van der Waals surface area contributed by atoms with Gasteiger partial charge in [-0.2, -0.15) is 0 Å². The Balaban J connectivity index is 2.24. The molecule has 0 radical (unpaired) electrons. The van der Waals surface area contributed by atoms with Crippen LogP contribution >= 0.6 is 0 Å². The maximum absolute atomic E-state index is 10.8. The summed E-state index contributed by atoms with van der Waals surface area (Å²) < 4.78 is 5.00. The van der Waals surface area contributed by atoms with Crippen LogP contribution in [0.15, 0.2) is 18.5 Å². The van der Waals surface area contributed by atoms with Crippen molar-refractivity contribution in [1.82, 2.24) is 4.98 Å². The van der Waals surface area contributed by atoms with E-state index in [-0.39, 0.29) is 18.0 Å². The molecular formula is C10H13N3O6. The Bertz CT molecular complexity index is 484. The number of anilines is 1. The highest BCUT2D eigenvalue weighted by Gasteiger charge is 2.48. The standard InChI is InChI=1S/C10H13N3O6/c14-4-8-9(15)10(16,5-19-8)12-6-1-2-11-3-7(6)13(17)18/h1-3,8-9,14-16H,4-5H2,(H,11,12)/t8-,9-,10-/m1/s1. The third-order valence-electron chi connectivity index (χ3n) is 2.89. The van der Waals surface area contributed by atoms with E-state index in [1.807, 2.05) is 0 Å². The number of nitro groups is 1. The van der Waals surface area contributed by atoms with Crippen molar-refractivity contribution in [3.05, 3.63) is 28.6 Å². The van der Waals surface area contributed by atoms with Crippen LogP contribution < -0.4 is 5.32 Å². The third-order valence-corrected chi connectivity index (χ3v) is 2.89. The number of aliphatic hydroxyl groups excluding tert-OH is 2. The van der Waals surface area contributed by atoms with Gasteiger partial charge in [0.25, 0.3) is 0 Å².